The van der Waals surface area contributed by atoms with Crippen molar-refractivity contribution >= 4 is 52.1 Å². The van der Waals surface area contributed by atoms with Crippen molar-refractivity contribution in [2.75, 3.05) is 84.3 Å². The Morgan fingerprint density at radius 2 is 1.62 bits per heavy atom. The van der Waals surface area contributed by atoms with Gasteiger partial charge in [-0.15, -0.1) is 0 Å². The lowest BCUT2D eigenvalue weighted by Crippen LogP contribution is -2.49. The Balaban J connectivity index is 0.000000759. The number of ketones is 1. The van der Waals surface area contributed by atoms with Crippen molar-refractivity contribution < 1.29 is 27.8 Å². The van der Waals surface area contributed by atoms with E-state index in [0.717, 1.165) is 85.6 Å². The van der Waals surface area contributed by atoms with Crippen molar-refractivity contribution in [3.63, 3.8) is 0 Å². The van der Waals surface area contributed by atoms with Crippen LogP contribution in [0.1, 0.15) is 91.9 Å². The van der Waals surface area contributed by atoms with Crippen LogP contribution < -0.4 is 35.4 Å². The molecule has 5 aliphatic rings. The van der Waals surface area contributed by atoms with E-state index < -0.39 is 11.5 Å². The molecule has 15 heteroatoms. The number of aromatic nitrogens is 3. The molecule has 63 heavy (non-hydrogen) atoms. The van der Waals surface area contributed by atoms with E-state index in [0.29, 0.717) is 43.9 Å². The maximum Gasteiger partial charge on any atom is 0.328 e. The molecule has 340 valence electrons. The van der Waals surface area contributed by atoms with Crippen molar-refractivity contribution in [1.82, 2.24) is 25.2 Å². The molecule has 3 amide bonds. The molecule has 0 atom stereocenters. The van der Waals surface area contributed by atoms with Gasteiger partial charge in [0.1, 0.15) is 12.3 Å². The number of nitrogens with one attached hydrogen (secondary N) is 3. The number of nitrogens with zero attached hydrogens (tertiary/aromatic N) is 7. The van der Waals surface area contributed by atoms with Gasteiger partial charge in [0.25, 0.3) is 0 Å². The van der Waals surface area contributed by atoms with Gasteiger partial charge in [-0.25, -0.2) is 24.1 Å². The Morgan fingerprint density at radius 3 is 2.32 bits per heavy atom. The topological polar surface area (TPSA) is 148 Å². The van der Waals surface area contributed by atoms with Crippen molar-refractivity contribution in [2.24, 2.45) is 5.92 Å². The summed E-state index contributed by atoms with van der Waals surface area (Å²) in [6.45, 7) is 15.0. The highest BCUT2D eigenvalue weighted by molar-refractivity contribution is 6.05. The third-order valence-electron chi connectivity index (χ3n) is 13.3. The van der Waals surface area contributed by atoms with Crippen LogP contribution in [0.5, 0.6) is 5.88 Å². The number of amides is 3. The van der Waals surface area contributed by atoms with Gasteiger partial charge < -0.3 is 30.1 Å². The van der Waals surface area contributed by atoms with Crippen LogP contribution in [0, 0.1) is 12.8 Å². The van der Waals surface area contributed by atoms with Crippen LogP contribution in [-0.4, -0.2) is 102 Å². The fraction of sp³-hybridized carbons (Fsp3) is 0.500. The maximum absolute atomic E-state index is 12.2. The number of carbonyl (C=O) groups is 3. The van der Waals surface area contributed by atoms with E-state index >= 15 is 0 Å². The number of urea groups is 1. The number of carbonyl (C=O) groups excluding carboxylic acids is 3. The maximum atomic E-state index is 12.2. The molecule has 4 aromatic rings. The second-order valence-electron chi connectivity index (χ2n) is 17.9. The summed E-state index contributed by atoms with van der Waals surface area (Å²) < 4.78 is 17.9. The van der Waals surface area contributed by atoms with Crippen LogP contribution in [0.4, 0.5) is 43.6 Å². The Bertz CT molecular complexity index is 2270. The van der Waals surface area contributed by atoms with Crippen LogP contribution in [0.3, 0.4) is 0 Å². The molecule has 0 saturated carbocycles. The number of alkyl halides is 1. The largest absolute Gasteiger partial charge is 0.474 e. The number of imide groups is 1. The first kappa shape index (κ1) is 43.8. The Kier molecular flexibility index (Phi) is 13.4. The number of hydrogen-bond acceptors (Lipinski definition) is 12. The Morgan fingerprint density at radius 1 is 0.905 bits per heavy atom. The monoisotopic (exact) mass is 867 g/mol. The molecule has 5 aliphatic heterocycles. The molecule has 3 fully saturated rings. The van der Waals surface area contributed by atoms with Gasteiger partial charge in [0, 0.05) is 72.2 Å². The molecule has 7 heterocycles. The van der Waals surface area contributed by atoms with Crippen molar-refractivity contribution in [2.45, 2.75) is 90.8 Å². The fourth-order valence-electron chi connectivity index (χ4n) is 9.06. The third-order valence-corrected chi connectivity index (χ3v) is 13.3. The number of hydrogen-bond donors (Lipinski definition) is 3. The number of pyridine rings is 1. The van der Waals surface area contributed by atoms with Crippen molar-refractivity contribution in [3.05, 3.63) is 83.3 Å². The number of likely N-dealkylation sites (tertiary alicyclic amines) is 1. The van der Waals surface area contributed by atoms with Gasteiger partial charge >= 0.3 is 6.03 Å². The smallest absolute Gasteiger partial charge is 0.328 e. The lowest BCUT2D eigenvalue weighted by atomic mass is 9.88. The number of anilines is 6. The minimum atomic E-state index is -1.64. The van der Waals surface area contributed by atoms with Crippen molar-refractivity contribution in [1.29, 1.82) is 0 Å². The summed E-state index contributed by atoms with van der Waals surface area (Å²) in [5.41, 5.74) is 8.35. The van der Waals surface area contributed by atoms with E-state index in [9.17, 15) is 18.8 Å². The molecule has 14 nitrogen and oxygen atoms in total. The minimum absolute atomic E-state index is 0. The second-order valence-corrected chi connectivity index (χ2v) is 17.9. The molecule has 0 bridgehead atoms. The van der Waals surface area contributed by atoms with E-state index in [4.69, 9.17) is 9.72 Å². The quantitative estimate of drug-likeness (QED) is 0.141. The lowest BCUT2D eigenvalue weighted by Gasteiger charge is -2.36. The van der Waals surface area contributed by atoms with Crippen LogP contribution in [0.15, 0.2) is 60.9 Å². The number of fused-ring (bicyclic) bond motifs is 2. The number of rotatable bonds is 10. The van der Waals surface area contributed by atoms with Crippen LogP contribution in [0.2, 0.25) is 0 Å². The summed E-state index contributed by atoms with van der Waals surface area (Å²) in [5, 5.41) is 9.31. The van der Waals surface area contributed by atoms with Crippen LogP contribution >= 0.6 is 0 Å². The average molecular weight is 867 g/mol. The first-order valence-electron chi connectivity index (χ1n) is 22.6. The van der Waals surface area contributed by atoms with Crippen molar-refractivity contribution in [3.8, 4) is 5.88 Å². The van der Waals surface area contributed by atoms with Gasteiger partial charge in [-0.2, -0.15) is 0 Å². The molecule has 0 spiro atoms. The van der Waals surface area contributed by atoms with Gasteiger partial charge in [-0.05, 0) is 145 Å². The molecule has 3 N–H and O–H groups in total. The van der Waals surface area contributed by atoms with E-state index in [-0.39, 0.29) is 16.2 Å². The first-order chi connectivity index (χ1) is 30.4. The SMILES string of the molecule is CC(=O)C(C)(C)F.Cc1c(N2CCc3cnc(Nc4ccc(N5CCC(CCN6CCC(c7ccc(N8CCC(=O)NC8=O)cc7)CC6)CC5)cc4)nc3C2)cnc2c1NCCO2.[HH].[HH].[HH]. The molecule has 0 aliphatic carbocycles. The van der Waals surface area contributed by atoms with Gasteiger partial charge in [0.2, 0.25) is 17.7 Å². The molecule has 2 aromatic carbocycles. The highest BCUT2D eigenvalue weighted by Crippen LogP contribution is 2.37. The molecule has 9 rings (SSSR count). The molecule has 0 radical (unpaired) electrons. The zero-order valence-corrected chi connectivity index (χ0v) is 37.1. The summed E-state index contributed by atoms with van der Waals surface area (Å²) in [5.74, 6) is 2.01. The normalized spacial score (nSPS) is 18.6. The third kappa shape index (κ3) is 10.7. The Labute approximate surface area is 374 Å². The zero-order valence-electron chi connectivity index (χ0n) is 37.1. The number of ether oxygens (including phenoxy) is 1. The highest BCUT2D eigenvalue weighted by atomic mass is 19.1. The van der Waals surface area contributed by atoms with E-state index in [1.165, 1.54) is 76.2 Å². The zero-order chi connectivity index (χ0) is 44.1. The van der Waals surface area contributed by atoms with Gasteiger partial charge in [-0.3, -0.25) is 19.8 Å². The second kappa shape index (κ2) is 19.3. The Hall–Kier alpha value is -5.83. The summed E-state index contributed by atoms with van der Waals surface area (Å²) in [6.07, 6.45) is 11.2. The lowest BCUT2D eigenvalue weighted by molar-refractivity contribution is -0.126. The van der Waals surface area contributed by atoms with E-state index in [2.05, 4.69) is 83.9 Å². The minimum Gasteiger partial charge on any atom is -0.474 e. The summed E-state index contributed by atoms with van der Waals surface area (Å²) in [7, 11) is 0. The number of halogens is 1. The summed E-state index contributed by atoms with van der Waals surface area (Å²) in [6, 6.07) is 16.8. The molecule has 2 aromatic heterocycles. The van der Waals surface area contributed by atoms with Gasteiger partial charge in [0.05, 0.1) is 24.1 Å². The van der Waals surface area contributed by atoms with Crippen LogP contribution in [0.25, 0.3) is 0 Å². The number of piperidine rings is 2. The van der Waals surface area contributed by atoms with Gasteiger partial charge in [0.15, 0.2) is 11.5 Å². The highest BCUT2D eigenvalue weighted by Gasteiger charge is 2.28. The van der Waals surface area contributed by atoms with E-state index in [1.54, 1.807) is 4.90 Å². The standard InChI is InChI=1S/C43H52N10O3.C5H9FO.3H2/c1-29-38(27-45-41-40(29)44-17-25-56-41)52-23-15-33-26-46-42(48-37(33)28-52)47-34-4-8-35(9-5-34)51-21-11-30(12-22-51)10-18-50-19-13-32(14-20-50)31-2-6-36(7-3-31)53-24-16-39(54)49-43(53)55;1-4(7)5(2,3)6;;;/h2-9,26-27,30,32,44H,10-25,28H2,1H3,(H,46,47,48)(H,49,54,55);1-3H3;3*1H. The molecular weight excluding hydrogens is 800 g/mol. The number of benzene rings is 2. The molecule has 0 unspecified atom stereocenters. The summed E-state index contributed by atoms with van der Waals surface area (Å²) >= 11 is 0. The van der Waals surface area contributed by atoms with E-state index in [1.807, 2.05) is 24.5 Å². The predicted molar refractivity (Wildman–Crippen MR) is 252 cm³/mol. The molecule has 3 saturated heterocycles. The average Bonchev–Trinajstić information content (AvgIpc) is 3.29. The summed E-state index contributed by atoms with van der Waals surface area (Å²) in [4.78, 5) is 57.2. The first-order valence-corrected chi connectivity index (χ1v) is 22.6. The van der Waals surface area contributed by atoms with Crippen LogP contribution in [-0.2, 0) is 22.6 Å². The predicted octanol–water partition coefficient (Wildman–Crippen LogP) is 8.28. The molecular formula is C48H67FN10O4. The fourth-order valence-corrected chi connectivity index (χ4v) is 9.06. The number of Topliss-reactive ketones (excluding diaryl/α,β-unsaturated/α-hetero) is 1. The van der Waals surface area contributed by atoms with Gasteiger partial charge in [-0.1, -0.05) is 12.1 Å².